The highest BCUT2D eigenvalue weighted by molar-refractivity contribution is 5.74. The molecule has 0 radical (unpaired) electrons. The molecule has 4 nitrogen and oxygen atoms in total. The summed E-state index contributed by atoms with van der Waals surface area (Å²) in [7, 11) is 4.28. The maximum Gasteiger partial charge on any atom is 0.313 e. The second kappa shape index (κ2) is 5.91. The van der Waals surface area contributed by atoms with E-state index >= 15 is 0 Å². The highest BCUT2D eigenvalue weighted by Gasteiger charge is 2.49. The van der Waals surface area contributed by atoms with Gasteiger partial charge in [0.15, 0.2) is 0 Å². The largest absolute Gasteiger partial charge is 0.426 e. The number of nitrogens with zero attached hydrogens (tertiary/aromatic N) is 1. The number of hydrogen-bond donors (Lipinski definition) is 1. The molecule has 3 atom stereocenters. The number of nitrogens with one attached hydrogen (secondary N) is 1. The van der Waals surface area contributed by atoms with Crippen molar-refractivity contribution < 1.29 is 9.53 Å². The number of hydrogen-bond acceptors (Lipinski definition) is 4. The Hall–Kier alpha value is -1.39. The topological polar surface area (TPSA) is 41.6 Å². The van der Waals surface area contributed by atoms with Gasteiger partial charge in [-0.3, -0.25) is 4.79 Å². The summed E-state index contributed by atoms with van der Waals surface area (Å²) in [5, 5.41) is 3.55. The van der Waals surface area contributed by atoms with Gasteiger partial charge < -0.3 is 15.0 Å². The summed E-state index contributed by atoms with van der Waals surface area (Å²) in [5.41, 5.74) is 2.81. The van der Waals surface area contributed by atoms with Crippen molar-refractivity contribution in [1.29, 1.82) is 0 Å². The first-order valence-corrected chi connectivity index (χ1v) is 8.59. The summed E-state index contributed by atoms with van der Waals surface area (Å²) in [6.45, 7) is 7.18. The number of carbonyl (C=O) groups excluding carboxylic acids is 1. The van der Waals surface area contributed by atoms with Gasteiger partial charge in [-0.25, -0.2) is 0 Å². The number of likely N-dealkylation sites (tertiary alicyclic amines) is 1. The van der Waals surface area contributed by atoms with Crippen molar-refractivity contribution in [3.63, 3.8) is 0 Å². The first-order chi connectivity index (χ1) is 10.9. The Kier molecular flexibility index (Phi) is 4.23. The van der Waals surface area contributed by atoms with Gasteiger partial charge in [0.1, 0.15) is 5.75 Å². The van der Waals surface area contributed by atoms with Crippen LogP contribution in [0.15, 0.2) is 18.2 Å². The molecule has 1 fully saturated rings. The number of esters is 1. The SMILES string of the molecule is CNC1C2Cc3ccc(OC(=O)C(C)C)cc3C1(C)CCN2C. The summed E-state index contributed by atoms with van der Waals surface area (Å²) in [6.07, 6.45) is 2.16. The van der Waals surface area contributed by atoms with Crippen molar-refractivity contribution in [3.8, 4) is 5.75 Å². The molecule has 23 heavy (non-hydrogen) atoms. The minimum Gasteiger partial charge on any atom is -0.426 e. The molecule has 2 aliphatic rings. The molecule has 1 heterocycles. The van der Waals surface area contributed by atoms with Gasteiger partial charge in [0.05, 0.1) is 5.92 Å². The first-order valence-electron chi connectivity index (χ1n) is 8.59. The molecule has 4 heteroatoms. The van der Waals surface area contributed by atoms with Crippen LogP contribution < -0.4 is 10.1 Å². The molecule has 1 N–H and O–H groups in total. The van der Waals surface area contributed by atoms with Gasteiger partial charge in [-0.15, -0.1) is 0 Å². The Bertz CT molecular complexity index is 613. The Morgan fingerprint density at radius 3 is 2.83 bits per heavy atom. The van der Waals surface area contributed by atoms with Gasteiger partial charge >= 0.3 is 5.97 Å². The number of benzene rings is 1. The number of likely N-dealkylation sites (N-methyl/N-ethyl adjacent to an activating group) is 2. The molecule has 1 aromatic carbocycles. The zero-order valence-corrected chi connectivity index (χ0v) is 14.8. The molecule has 1 aliphatic carbocycles. The lowest BCUT2D eigenvalue weighted by molar-refractivity contribution is -0.137. The lowest BCUT2D eigenvalue weighted by Gasteiger charge is -2.54. The van der Waals surface area contributed by atoms with Crippen LogP contribution in [0.25, 0.3) is 0 Å². The van der Waals surface area contributed by atoms with Crippen LogP contribution in [0.5, 0.6) is 5.75 Å². The standard InChI is InChI=1S/C19H28N2O2/c1-12(2)18(22)23-14-7-6-13-10-16-17(20-4)19(3,15(13)11-14)8-9-21(16)5/h6-7,11-12,16-17,20H,8-10H2,1-5H3. The monoisotopic (exact) mass is 316 g/mol. The van der Waals surface area contributed by atoms with E-state index in [0.717, 1.165) is 19.4 Å². The number of fused-ring (bicyclic) bond motifs is 4. The smallest absolute Gasteiger partial charge is 0.313 e. The van der Waals surface area contributed by atoms with Crippen molar-refractivity contribution >= 4 is 5.97 Å². The van der Waals surface area contributed by atoms with Crippen molar-refractivity contribution in [2.75, 3.05) is 20.6 Å². The lowest BCUT2D eigenvalue weighted by atomic mass is 9.62. The van der Waals surface area contributed by atoms with Crippen LogP contribution in [0.2, 0.25) is 0 Å². The number of piperidine rings is 1. The van der Waals surface area contributed by atoms with Crippen LogP contribution in [0.4, 0.5) is 0 Å². The van der Waals surface area contributed by atoms with Gasteiger partial charge in [0.25, 0.3) is 0 Å². The van der Waals surface area contributed by atoms with Gasteiger partial charge in [-0.1, -0.05) is 26.8 Å². The molecule has 0 spiro atoms. The molecular formula is C19H28N2O2. The number of rotatable bonds is 3. The van der Waals surface area contributed by atoms with Crippen LogP contribution in [0.3, 0.4) is 0 Å². The van der Waals surface area contributed by atoms with E-state index in [4.69, 9.17) is 4.74 Å². The molecule has 0 saturated carbocycles. The minimum atomic E-state index is -0.169. The Balaban J connectivity index is 1.99. The highest BCUT2D eigenvalue weighted by Crippen LogP contribution is 2.45. The normalized spacial score (nSPS) is 30.2. The quantitative estimate of drug-likeness (QED) is 0.686. The van der Waals surface area contributed by atoms with Crippen LogP contribution >= 0.6 is 0 Å². The molecule has 126 valence electrons. The van der Waals surface area contributed by atoms with E-state index in [1.165, 1.54) is 11.1 Å². The van der Waals surface area contributed by atoms with E-state index in [2.05, 4.69) is 43.4 Å². The fourth-order valence-electron chi connectivity index (χ4n) is 4.28. The van der Waals surface area contributed by atoms with Gasteiger partial charge in [-0.2, -0.15) is 0 Å². The van der Waals surface area contributed by atoms with Crippen LogP contribution in [0, 0.1) is 5.92 Å². The first kappa shape index (κ1) is 16.5. The molecule has 0 aromatic heterocycles. The summed E-state index contributed by atoms with van der Waals surface area (Å²) in [6, 6.07) is 7.13. The molecule has 2 bridgehead atoms. The van der Waals surface area contributed by atoms with E-state index in [1.54, 1.807) is 0 Å². The second-order valence-corrected chi connectivity index (χ2v) is 7.58. The fraction of sp³-hybridized carbons (Fsp3) is 0.632. The van der Waals surface area contributed by atoms with Crippen LogP contribution in [-0.4, -0.2) is 43.6 Å². The average molecular weight is 316 g/mol. The Morgan fingerprint density at radius 1 is 1.43 bits per heavy atom. The van der Waals surface area contributed by atoms with E-state index in [9.17, 15) is 4.79 Å². The number of ether oxygens (including phenoxy) is 1. The fourth-order valence-corrected chi connectivity index (χ4v) is 4.28. The van der Waals surface area contributed by atoms with E-state index < -0.39 is 0 Å². The van der Waals surface area contributed by atoms with Gasteiger partial charge in [0.2, 0.25) is 0 Å². The lowest BCUT2D eigenvalue weighted by Crippen LogP contribution is -2.65. The van der Waals surface area contributed by atoms with Crippen molar-refractivity contribution in [2.24, 2.45) is 5.92 Å². The summed E-state index contributed by atoms with van der Waals surface area (Å²) in [4.78, 5) is 14.4. The average Bonchev–Trinajstić information content (AvgIpc) is 2.52. The van der Waals surface area contributed by atoms with Crippen molar-refractivity contribution in [2.45, 2.75) is 51.1 Å². The summed E-state index contributed by atoms with van der Waals surface area (Å²) >= 11 is 0. The van der Waals surface area contributed by atoms with Gasteiger partial charge in [0, 0.05) is 17.5 Å². The Labute approximate surface area is 139 Å². The molecule has 0 amide bonds. The van der Waals surface area contributed by atoms with E-state index in [1.807, 2.05) is 19.9 Å². The maximum absolute atomic E-state index is 11.9. The van der Waals surface area contributed by atoms with Crippen LogP contribution in [0.1, 0.15) is 38.3 Å². The minimum absolute atomic E-state index is 0.0831. The second-order valence-electron chi connectivity index (χ2n) is 7.58. The predicted octanol–water partition coefficient (Wildman–Crippen LogP) is 2.35. The maximum atomic E-state index is 11.9. The molecule has 1 aliphatic heterocycles. The third kappa shape index (κ3) is 2.68. The summed E-state index contributed by atoms with van der Waals surface area (Å²) < 4.78 is 5.54. The van der Waals surface area contributed by atoms with Crippen LogP contribution in [-0.2, 0) is 16.6 Å². The molecule has 1 saturated heterocycles. The predicted molar refractivity (Wildman–Crippen MR) is 91.9 cm³/mol. The highest BCUT2D eigenvalue weighted by atomic mass is 16.5. The third-order valence-electron chi connectivity index (χ3n) is 5.75. The summed E-state index contributed by atoms with van der Waals surface area (Å²) in [5.74, 6) is 0.396. The molecule has 3 rings (SSSR count). The zero-order valence-electron chi connectivity index (χ0n) is 14.8. The third-order valence-corrected chi connectivity index (χ3v) is 5.75. The van der Waals surface area contributed by atoms with E-state index in [-0.39, 0.29) is 17.3 Å². The molecule has 1 aromatic rings. The molecular weight excluding hydrogens is 288 g/mol. The zero-order chi connectivity index (χ0) is 16.8. The number of carbonyl (C=O) groups is 1. The van der Waals surface area contributed by atoms with E-state index in [0.29, 0.717) is 17.8 Å². The van der Waals surface area contributed by atoms with Crippen molar-refractivity contribution in [3.05, 3.63) is 29.3 Å². The Morgan fingerprint density at radius 2 is 2.17 bits per heavy atom. The molecule has 3 unspecified atom stereocenters. The van der Waals surface area contributed by atoms with Gasteiger partial charge in [-0.05, 0) is 56.7 Å². The van der Waals surface area contributed by atoms with Crippen molar-refractivity contribution in [1.82, 2.24) is 10.2 Å².